The van der Waals surface area contributed by atoms with Crippen LogP contribution < -0.4 is 5.32 Å². The van der Waals surface area contributed by atoms with Gasteiger partial charge >= 0.3 is 0 Å². The van der Waals surface area contributed by atoms with Gasteiger partial charge in [0.25, 0.3) is 0 Å². The second-order valence-electron chi connectivity index (χ2n) is 7.68. The monoisotopic (exact) mass is 372 g/mol. The van der Waals surface area contributed by atoms with E-state index in [0.717, 1.165) is 58.5 Å². The zero-order valence-corrected chi connectivity index (χ0v) is 16.6. The van der Waals surface area contributed by atoms with Crippen molar-refractivity contribution in [1.29, 1.82) is 0 Å². The highest BCUT2D eigenvalue weighted by molar-refractivity contribution is 5.83. The van der Waals surface area contributed by atoms with Gasteiger partial charge in [-0.1, -0.05) is 24.3 Å². The lowest BCUT2D eigenvalue weighted by Crippen LogP contribution is -2.47. The molecule has 6 heteroatoms. The summed E-state index contributed by atoms with van der Waals surface area (Å²) in [4.78, 5) is 31.3. The van der Waals surface area contributed by atoms with E-state index in [1.807, 2.05) is 9.80 Å². The fraction of sp³-hybridized carbons (Fsp3) is 0.619. The van der Waals surface area contributed by atoms with Gasteiger partial charge in [-0.3, -0.25) is 19.4 Å². The van der Waals surface area contributed by atoms with Crippen LogP contribution in [-0.2, 0) is 16.1 Å². The highest BCUT2D eigenvalue weighted by Crippen LogP contribution is 2.18. The molecule has 0 aromatic heterocycles. The molecule has 2 fully saturated rings. The molecule has 1 unspecified atom stereocenters. The lowest BCUT2D eigenvalue weighted by Gasteiger charge is -2.27. The Morgan fingerprint density at radius 3 is 2.67 bits per heavy atom. The largest absolute Gasteiger partial charge is 0.358 e. The maximum absolute atomic E-state index is 12.8. The van der Waals surface area contributed by atoms with Crippen LogP contribution in [0.15, 0.2) is 24.3 Å². The molecular weight excluding hydrogens is 340 g/mol. The first-order valence-electron chi connectivity index (χ1n) is 10.1. The summed E-state index contributed by atoms with van der Waals surface area (Å²) in [6.07, 6.45) is 2.82. The first kappa shape index (κ1) is 19.8. The van der Waals surface area contributed by atoms with Crippen molar-refractivity contribution in [3.8, 4) is 0 Å². The maximum Gasteiger partial charge on any atom is 0.237 e. The highest BCUT2D eigenvalue weighted by atomic mass is 16.2. The molecule has 2 aliphatic heterocycles. The Morgan fingerprint density at radius 1 is 1.07 bits per heavy atom. The molecule has 1 aromatic carbocycles. The molecule has 3 rings (SSSR count). The number of carbonyl (C=O) groups excluding carboxylic acids is 2. The van der Waals surface area contributed by atoms with Crippen LogP contribution in [0, 0.1) is 6.92 Å². The van der Waals surface area contributed by atoms with Crippen LogP contribution >= 0.6 is 0 Å². The number of aryl methyl sites for hydroxylation is 1. The third-order valence-corrected chi connectivity index (χ3v) is 5.85. The lowest BCUT2D eigenvalue weighted by atomic mass is 10.1. The van der Waals surface area contributed by atoms with Crippen molar-refractivity contribution in [2.45, 2.75) is 38.8 Å². The van der Waals surface area contributed by atoms with Crippen molar-refractivity contribution in [3.05, 3.63) is 35.4 Å². The van der Waals surface area contributed by atoms with E-state index in [1.165, 1.54) is 11.1 Å². The van der Waals surface area contributed by atoms with Crippen LogP contribution in [0.5, 0.6) is 0 Å². The van der Waals surface area contributed by atoms with Gasteiger partial charge in [0.05, 0.1) is 12.6 Å². The van der Waals surface area contributed by atoms with Gasteiger partial charge in [0.15, 0.2) is 0 Å². The van der Waals surface area contributed by atoms with E-state index in [4.69, 9.17) is 0 Å². The number of likely N-dealkylation sites (N-methyl/N-ethyl adjacent to an activating group) is 1. The molecule has 1 N–H and O–H groups in total. The maximum atomic E-state index is 12.8. The molecule has 2 amide bonds. The number of benzene rings is 1. The molecule has 2 aliphatic rings. The molecule has 27 heavy (non-hydrogen) atoms. The van der Waals surface area contributed by atoms with Crippen molar-refractivity contribution < 1.29 is 9.59 Å². The minimum absolute atomic E-state index is 0.0283. The fourth-order valence-corrected chi connectivity index (χ4v) is 4.16. The standard InChI is InChI=1S/C21H32N4O2/c1-17-7-3-4-8-18(17)15-23-10-6-12-24(14-13-23)20(26)16-25-11-5-9-19(25)21(27)22-2/h3-4,7-8,19H,5-6,9-16H2,1-2H3,(H,22,27). The summed E-state index contributed by atoms with van der Waals surface area (Å²) >= 11 is 0. The Hall–Kier alpha value is -1.92. The third-order valence-electron chi connectivity index (χ3n) is 5.85. The second-order valence-corrected chi connectivity index (χ2v) is 7.68. The van der Waals surface area contributed by atoms with Crippen LogP contribution in [0.4, 0.5) is 0 Å². The van der Waals surface area contributed by atoms with Gasteiger partial charge in [-0.2, -0.15) is 0 Å². The summed E-state index contributed by atoms with van der Waals surface area (Å²) in [6, 6.07) is 8.36. The van der Waals surface area contributed by atoms with Crippen LogP contribution in [0.1, 0.15) is 30.4 Å². The predicted molar refractivity (Wildman–Crippen MR) is 106 cm³/mol. The predicted octanol–water partition coefficient (Wildman–Crippen LogP) is 1.24. The number of carbonyl (C=O) groups is 2. The Balaban J connectivity index is 1.52. The Morgan fingerprint density at radius 2 is 1.89 bits per heavy atom. The summed E-state index contributed by atoms with van der Waals surface area (Å²) in [5, 5.41) is 2.72. The van der Waals surface area contributed by atoms with Crippen LogP contribution in [-0.4, -0.2) is 78.9 Å². The smallest absolute Gasteiger partial charge is 0.237 e. The Kier molecular flexibility index (Phi) is 6.85. The van der Waals surface area contributed by atoms with Crippen LogP contribution in [0.3, 0.4) is 0 Å². The number of hydrogen-bond donors (Lipinski definition) is 1. The molecule has 0 spiro atoms. The molecule has 1 aromatic rings. The molecule has 148 valence electrons. The van der Waals surface area contributed by atoms with Crippen molar-refractivity contribution in [2.75, 3.05) is 46.3 Å². The number of hydrogen-bond acceptors (Lipinski definition) is 4. The van der Waals surface area contributed by atoms with Gasteiger partial charge in [0, 0.05) is 39.8 Å². The van der Waals surface area contributed by atoms with E-state index in [0.29, 0.717) is 6.54 Å². The lowest BCUT2D eigenvalue weighted by molar-refractivity contribution is -0.133. The Labute approximate surface area is 162 Å². The highest BCUT2D eigenvalue weighted by Gasteiger charge is 2.32. The van der Waals surface area contributed by atoms with E-state index in [2.05, 4.69) is 41.4 Å². The molecule has 2 saturated heterocycles. The van der Waals surface area contributed by atoms with Gasteiger partial charge in [0.1, 0.15) is 0 Å². The van der Waals surface area contributed by atoms with Gasteiger partial charge in [-0.15, -0.1) is 0 Å². The number of likely N-dealkylation sites (tertiary alicyclic amines) is 1. The first-order chi connectivity index (χ1) is 13.1. The normalized spacial score (nSPS) is 21.9. The molecule has 0 saturated carbocycles. The second kappa shape index (κ2) is 9.33. The van der Waals surface area contributed by atoms with E-state index in [9.17, 15) is 9.59 Å². The van der Waals surface area contributed by atoms with Crippen molar-refractivity contribution in [3.63, 3.8) is 0 Å². The molecule has 1 atom stereocenters. The third kappa shape index (κ3) is 5.08. The first-order valence-corrected chi connectivity index (χ1v) is 10.1. The fourth-order valence-electron chi connectivity index (χ4n) is 4.16. The zero-order chi connectivity index (χ0) is 19.2. The number of amides is 2. The van der Waals surface area contributed by atoms with E-state index < -0.39 is 0 Å². The van der Waals surface area contributed by atoms with Crippen molar-refractivity contribution in [1.82, 2.24) is 20.0 Å². The van der Waals surface area contributed by atoms with Crippen LogP contribution in [0.25, 0.3) is 0 Å². The summed E-state index contributed by atoms with van der Waals surface area (Å²) in [5.74, 6) is 0.184. The minimum atomic E-state index is -0.150. The van der Waals surface area contributed by atoms with Crippen LogP contribution in [0.2, 0.25) is 0 Å². The molecule has 0 bridgehead atoms. The summed E-state index contributed by atoms with van der Waals surface area (Å²) in [7, 11) is 1.67. The molecule has 2 heterocycles. The number of rotatable bonds is 5. The molecular formula is C21H32N4O2. The Bertz CT molecular complexity index is 663. The summed E-state index contributed by atoms with van der Waals surface area (Å²) in [6.45, 7) is 7.78. The van der Waals surface area contributed by atoms with E-state index >= 15 is 0 Å². The van der Waals surface area contributed by atoms with Gasteiger partial charge in [-0.25, -0.2) is 0 Å². The molecule has 0 radical (unpaired) electrons. The average molecular weight is 373 g/mol. The molecule has 6 nitrogen and oxygen atoms in total. The van der Waals surface area contributed by atoms with E-state index in [1.54, 1.807) is 7.05 Å². The quantitative estimate of drug-likeness (QED) is 0.845. The van der Waals surface area contributed by atoms with Gasteiger partial charge < -0.3 is 10.2 Å². The van der Waals surface area contributed by atoms with Crippen molar-refractivity contribution >= 4 is 11.8 Å². The SMILES string of the molecule is CNC(=O)C1CCCN1CC(=O)N1CCCN(Cc2ccccc2C)CC1. The average Bonchev–Trinajstić information content (AvgIpc) is 3.00. The topological polar surface area (TPSA) is 55.9 Å². The summed E-state index contributed by atoms with van der Waals surface area (Å²) in [5.41, 5.74) is 2.69. The summed E-state index contributed by atoms with van der Waals surface area (Å²) < 4.78 is 0. The number of nitrogens with zero attached hydrogens (tertiary/aromatic N) is 3. The van der Waals surface area contributed by atoms with E-state index in [-0.39, 0.29) is 17.9 Å². The van der Waals surface area contributed by atoms with Gasteiger partial charge in [-0.05, 0) is 43.9 Å². The minimum Gasteiger partial charge on any atom is -0.358 e. The zero-order valence-electron chi connectivity index (χ0n) is 16.6. The van der Waals surface area contributed by atoms with Gasteiger partial charge in [0.2, 0.25) is 11.8 Å². The molecule has 0 aliphatic carbocycles. The van der Waals surface area contributed by atoms with Crippen molar-refractivity contribution in [2.24, 2.45) is 0 Å². The number of nitrogens with one attached hydrogen (secondary N) is 1.